The number of hydrogen-bond acceptors (Lipinski definition) is 0. The molecule has 0 fully saturated rings. The van der Waals surface area contributed by atoms with Gasteiger partial charge in [0, 0.05) is 10.2 Å². The minimum Gasteiger partial charge on any atom is -0.171 e. The van der Waals surface area contributed by atoms with Crippen LogP contribution in [-0.2, 0) is 0 Å². The van der Waals surface area contributed by atoms with Gasteiger partial charge >= 0.3 is 6.18 Å². The van der Waals surface area contributed by atoms with Gasteiger partial charge in [0.15, 0.2) is 0 Å². The molecule has 0 aromatic carbocycles. The van der Waals surface area contributed by atoms with Gasteiger partial charge < -0.3 is 0 Å². The van der Waals surface area contributed by atoms with E-state index in [1.54, 1.807) is 0 Å². The Balaban J connectivity index is 4.23. The maximum Gasteiger partial charge on any atom is 0.394 e. The highest BCUT2D eigenvalue weighted by atomic mass is 35.5. The molecule has 0 aromatic rings. The predicted octanol–water partition coefficient (Wildman–Crippen LogP) is 1.68. The first-order valence-electron chi connectivity index (χ1n) is 2.60. The fourth-order valence-corrected chi connectivity index (χ4v) is 0.862. The van der Waals surface area contributed by atoms with Crippen molar-refractivity contribution in [2.75, 3.05) is 0 Å². The van der Waals surface area contributed by atoms with E-state index < -0.39 is 16.1 Å². The first-order valence-corrected chi connectivity index (χ1v) is 4.36. The normalized spacial score (nSPS) is 17.4. The lowest BCUT2D eigenvalue weighted by atomic mass is 10.2. The molecule has 1 unspecified atom stereocenters. The summed E-state index contributed by atoms with van der Waals surface area (Å²) in [5.74, 6) is -1.64. The van der Waals surface area contributed by atoms with Crippen molar-refractivity contribution >= 4 is 33.4 Å². The lowest BCUT2D eigenvalue weighted by Gasteiger charge is -2.24. The van der Waals surface area contributed by atoms with Gasteiger partial charge in [-0.05, 0) is 0 Å². The summed E-state index contributed by atoms with van der Waals surface area (Å²) in [6.07, 6.45) is -4.29. The van der Waals surface area contributed by atoms with Crippen LogP contribution in [0.15, 0.2) is 0 Å². The highest BCUT2D eigenvalue weighted by Gasteiger charge is 2.46. The maximum absolute atomic E-state index is 11.8. The van der Waals surface area contributed by atoms with Crippen LogP contribution in [0.4, 0.5) is 13.2 Å². The van der Waals surface area contributed by atoms with Crippen molar-refractivity contribution in [3.05, 3.63) is 0 Å². The van der Waals surface area contributed by atoms with Crippen molar-refractivity contribution in [3.63, 3.8) is 0 Å². The Labute approximate surface area is 70.1 Å². The molecule has 10 heavy (non-hydrogen) atoms. The van der Waals surface area contributed by atoms with Gasteiger partial charge in [-0.2, -0.15) is 13.2 Å². The number of hydrogen-bond donors (Lipinski definition) is 0. The molecule has 0 bridgehead atoms. The standard InChI is InChI=1S/C4H7Cl2F3Si/c1-2(3(5,6)10)4(7,8)9/h2H,1,10H3. The summed E-state index contributed by atoms with van der Waals surface area (Å²) >= 11 is 10.6. The summed E-state index contributed by atoms with van der Waals surface area (Å²) < 4.78 is 33.8. The van der Waals surface area contributed by atoms with Crippen molar-refractivity contribution in [2.45, 2.75) is 17.1 Å². The van der Waals surface area contributed by atoms with E-state index in [1.807, 2.05) is 0 Å². The molecule has 0 amide bonds. The van der Waals surface area contributed by atoms with Gasteiger partial charge in [0.05, 0.1) is 5.92 Å². The fourth-order valence-electron chi connectivity index (χ4n) is 0.287. The van der Waals surface area contributed by atoms with E-state index in [4.69, 9.17) is 23.2 Å². The van der Waals surface area contributed by atoms with Gasteiger partial charge in [-0.15, -0.1) is 23.2 Å². The minimum atomic E-state index is -4.29. The molecule has 0 saturated heterocycles. The van der Waals surface area contributed by atoms with Gasteiger partial charge in [-0.3, -0.25) is 0 Å². The Bertz CT molecular complexity index is 103. The van der Waals surface area contributed by atoms with E-state index in [-0.39, 0.29) is 10.2 Å². The quantitative estimate of drug-likeness (QED) is 0.457. The van der Waals surface area contributed by atoms with Gasteiger partial charge in [0.2, 0.25) is 0 Å². The molecule has 0 radical (unpaired) electrons. The van der Waals surface area contributed by atoms with Crippen molar-refractivity contribution in [3.8, 4) is 0 Å². The molecule has 6 heteroatoms. The Kier molecular flexibility index (Phi) is 3.08. The molecule has 0 aliphatic carbocycles. The summed E-state index contributed by atoms with van der Waals surface area (Å²) in [6.45, 7) is 0.979. The van der Waals surface area contributed by atoms with Gasteiger partial charge in [0.1, 0.15) is 3.96 Å². The third-order valence-electron chi connectivity index (χ3n) is 1.25. The molecular weight excluding hydrogens is 204 g/mol. The summed E-state index contributed by atoms with van der Waals surface area (Å²) in [6, 6.07) is 0. The third-order valence-corrected chi connectivity index (χ3v) is 2.77. The Morgan fingerprint density at radius 1 is 1.30 bits per heavy atom. The maximum atomic E-state index is 11.8. The highest BCUT2D eigenvalue weighted by molar-refractivity contribution is 6.65. The van der Waals surface area contributed by atoms with Crippen molar-refractivity contribution in [1.29, 1.82) is 0 Å². The van der Waals surface area contributed by atoms with E-state index in [1.165, 1.54) is 0 Å². The Morgan fingerprint density at radius 2 is 1.60 bits per heavy atom. The molecule has 0 rings (SSSR count). The smallest absolute Gasteiger partial charge is 0.171 e. The van der Waals surface area contributed by atoms with Crippen LogP contribution in [0, 0.1) is 5.92 Å². The molecule has 0 aliphatic rings. The van der Waals surface area contributed by atoms with Crippen LogP contribution in [0.5, 0.6) is 0 Å². The molecule has 0 spiro atoms. The van der Waals surface area contributed by atoms with Crippen LogP contribution in [-0.4, -0.2) is 20.4 Å². The molecule has 0 aromatic heterocycles. The molecule has 0 aliphatic heterocycles. The van der Waals surface area contributed by atoms with E-state index in [9.17, 15) is 13.2 Å². The number of rotatable bonds is 1. The summed E-state index contributed by atoms with van der Waals surface area (Å²) in [5, 5.41) is 0. The first-order chi connectivity index (χ1) is 4.15. The summed E-state index contributed by atoms with van der Waals surface area (Å²) in [5.41, 5.74) is 0. The first kappa shape index (κ1) is 10.6. The molecule has 62 valence electrons. The largest absolute Gasteiger partial charge is 0.394 e. The van der Waals surface area contributed by atoms with Crippen molar-refractivity contribution in [2.24, 2.45) is 5.92 Å². The highest BCUT2D eigenvalue weighted by Crippen LogP contribution is 2.38. The van der Waals surface area contributed by atoms with E-state index in [0.717, 1.165) is 6.92 Å². The monoisotopic (exact) mass is 210 g/mol. The molecular formula is C4H7Cl2F3Si. The molecule has 0 nitrogen and oxygen atoms in total. The minimum absolute atomic E-state index is 0.104. The lowest BCUT2D eigenvalue weighted by Crippen LogP contribution is -2.35. The second-order valence-electron chi connectivity index (χ2n) is 2.22. The van der Waals surface area contributed by atoms with Crippen LogP contribution in [0.25, 0.3) is 0 Å². The second kappa shape index (κ2) is 2.91. The van der Waals surface area contributed by atoms with Gasteiger partial charge in [0.25, 0.3) is 0 Å². The molecule has 0 N–H and O–H groups in total. The SMILES string of the molecule is CC(C(F)(F)F)C([SiH3])(Cl)Cl. The fraction of sp³-hybridized carbons (Fsp3) is 1.00. The average Bonchev–Trinajstić information content (AvgIpc) is 1.59. The van der Waals surface area contributed by atoms with Crippen LogP contribution in [0.2, 0.25) is 0 Å². The zero-order valence-electron chi connectivity index (χ0n) is 5.47. The van der Waals surface area contributed by atoms with Crippen molar-refractivity contribution < 1.29 is 13.2 Å². The van der Waals surface area contributed by atoms with E-state index in [2.05, 4.69) is 0 Å². The topological polar surface area (TPSA) is 0 Å². The predicted molar refractivity (Wildman–Crippen MR) is 39.6 cm³/mol. The molecule has 0 heterocycles. The van der Waals surface area contributed by atoms with Crippen molar-refractivity contribution in [1.82, 2.24) is 0 Å². The average molecular weight is 211 g/mol. The number of alkyl halides is 5. The number of halogens is 5. The third kappa shape index (κ3) is 3.12. The van der Waals surface area contributed by atoms with Gasteiger partial charge in [-0.25, -0.2) is 0 Å². The summed E-state index contributed by atoms with van der Waals surface area (Å²) in [7, 11) is 0.104. The van der Waals surface area contributed by atoms with E-state index >= 15 is 0 Å². The second-order valence-corrected chi connectivity index (χ2v) is 6.83. The van der Waals surface area contributed by atoms with Crippen LogP contribution < -0.4 is 0 Å². The van der Waals surface area contributed by atoms with Crippen LogP contribution in [0.1, 0.15) is 6.92 Å². The summed E-state index contributed by atoms with van der Waals surface area (Å²) in [4.78, 5) is 0. The molecule has 0 saturated carbocycles. The van der Waals surface area contributed by atoms with Crippen LogP contribution in [0.3, 0.4) is 0 Å². The Morgan fingerprint density at radius 3 is 1.60 bits per heavy atom. The van der Waals surface area contributed by atoms with Crippen LogP contribution >= 0.6 is 23.2 Å². The zero-order chi connectivity index (χ0) is 8.58. The van der Waals surface area contributed by atoms with Gasteiger partial charge in [-0.1, -0.05) is 6.92 Å². The molecule has 1 atom stereocenters. The Hall–Kier alpha value is 0.587. The lowest BCUT2D eigenvalue weighted by molar-refractivity contribution is -0.168. The zero-order valence-corrected chi connectivity index (χ0v) is 8.98. The van der Waals surface area contributed by atoms with E-state index in [0.29, 0.717) is 0 Å².